The normalized spacial score (nSPS) is 33.6. The van der Waals surface area contributed by atoms with Gasteiger partial charge in [0.2, 0.25) is 0 Å². The third-order valence-corrected chi connectivity index (χ3v) is 1.22. The smallest absolute Gasteiger partial charge is 0.318 e. The van der Waals surface area contributed by atoms with Gasteiger partial charge in [-0.05, 0) is 6.92 Å². The first-order valence-corrected chi connectivity index (χ1v) is 3.10. The topological polar surface area (TPSA) is 44.8 Å². The zero-order valence-corrected chi connectivity index (χ0v) is 5.99. The second-order valence-electron chi connectivity index (χ2n) is 2.17. The van der Waals surface area contributed by atoms with Gasteiger partial charge in [-0.2, -0.15) is 0 Å². The molecule has 4 heteroatoms. The molecule has 0 aliphatic carbocycles. The maximum atomic E-state index is 10.7. The summed E-state index contributed by atoms with van der Waals surface area (Å²) in [6.45, 7) is 0.989. The molecule has 1 aliphatic rings. The number of cyclic esters (lactones) is 1. The molecule has 1 saturated heterocycles. The van der Waals surface area contributed by atoms with Crippen LogP contribution in [0.1, 0.15) is 13.3 Å². The molecule has 0 N–H and O–H groups in total. The van der Waals surface area contributed by atoms with Crippen molar-refractivity contribution in [3.8, 4) is 0 Å². The summed E-state index contributed by atoms with van der Waals surface area (Å²) in [7, 11) is 1.43. The van der Waals surface area contributed by atoms with E-state index in [1.165, 1.54) is 7.11 Å². The number of esters is 1. The lowest BCUT2D eigenvalue weighted by Crippen LogP contribution is -2.34. The molecule has 0 bridgehead atoms. The predicted molar refractivity (Wildman–Crippen MR) is 32.1 cm³/mol. The second-order valence-corrected chi connectivity index (χ2v) is 2.17. The number of hydrogen-bond acceptors (Lipinski definition) is 4. The van der Waals surface area contributed by atoms with E-state index >= 15 is 0 Å². The quantitative estimate of drug-likeness (QED) is 0.498. The SMILES string of the molecule is COC1OC(=O)CC(C)O1. The first-order valence-electron chi connectivity index (χ1n) is 3.10. The highest BCUT2D eigenvalue weighted by Crippen LogP contribution is 2.12. The molecule has 1 rings (SSSR count). The van der Waals surface area contributed by atoms with Crippen LogP contribution < -0.4 is 0 Å². The van der Waals surface area contributed by atoms with Crippen molar-refractivity contribution in [3.05, 3.63) is 0 Å². The average molecular weight is 146 g/mol. The molecule has 1 aliphatic heterocycles. The molecule has 2 unspecified atom stereocenters. The van der Waals surface area contributed by atoms with Gasteiger partial charge in [0.15, 0.2) is 0 Å². The van der Waals surface area contributed by atoms with Gasteiger partial charge in [-0.3, -0.25) is 4.79 Å². The summed E-state index contributed by atoms with van der Waals surface area (Å²) in [4.78, 5) is 10.7. The Labute approximate surface area is 59.1 Å². The molecule has 1 fully saturated rings. The van der Waals surface area contributed by atoms with E-state index in [1.54, 1.807) is 6.92 Å². The molecular formula is C6H10O4. The van der Waals surface area contributed by atoms with Crippen LogP contribution in [0, 0.1) is 0 Å². The van der Waals surface area contributed by atoms with Crippen molar-refractivity contribution in [2.75, 3.05) is 7.11 Å². The molecular weight excluding hydrogens is 136 g/mol. The van der Waals surface area contributed by atoms with Crippen molar-refractivity contribution < 1.29 is 19.0 Å². The highest BCUT2D eigenvalue weighted by atomic mass is 16.9. The van der Waals surface area contributed by atoms with E-state index in [1.807, 2.05) is 0 Å². The van der Waals surface area contributed by atoms with Gasteiger partial charge in [-0.25, -0.2) is 0 Å². The number of methoxy groups -OCH3 is 1. The molecule has 0 aromatic rings. The Morgan fingerprint density at radius 3 is 2.90 bits per heavy atom. The molecule has 0 spiro atoms. The van der Waals surface area contributed by atoms with Crippen LogP contribution in [0.4, 0.5) is 0 Å². The Bertz CT molecular complexity index is 134. The Morgan fingerprint density at radius 2 is 2.40 bits per heavy atom. The van der Waals surface area contributed by atoms with Crippen molar-refractivity contribution >= 4 is 5.97 Å². The van der Waals surface area contributed by atoms with Crippen molar-refractivity contribution in [3.63, 3.8) is 0 Å². The van der Waals surface area contributed by atoms with Crippen LogP contribution in [0.2, 0.25) is 0 Å². The van der Waals surface area contributed by atoms with Crippen LogP contribution in [0.15, 0.2) is 0 Å². The molecule has 2 atom stereocenters. The van der Waals surface area contributed by atoms with E-state index in [9.17, 15) is 4.79 Å². The molecule has 0 amide bonds. The van der Waals surface area contributed by atoms with Crippen LogP contribution >= 0.6 is 0 Å². The first kappa shape index (κ1) is 7.50. The minimum atomic E-state index is -0.809. The van der Waals surface area contributed by atoms with Gasteiger partial charge >= 0.3 is 12.4 Å². The average Bonchev–Trinajstić information content (AvgIpc) is 1.85. The molecule has 4 nitrogen and oxygen atoms in total. The third kappa shape index (κ3) is 1.68. The van der Waals surface area contributed by atoms with E-state index in [2.05, 4.69) is 9.47 Å². The maximum Gasteiger partial charge on any atom is 0.318 e. The monoisotopic (exact) mass is 146 g/mol. The second kappa shape index (κ2) is 2.98. The van der Waals surface area contributed by atoms with Gasteiger partial charge in [0.25, 0.3) is 0 Å². The predicted octanol–water partition coefficient (Wildman–Crippen LogP) is 0.268. The van der Waals surface area contributed by atoms with Crippen molar-refractivity contribution in [1.82, 2.24) is 0 Å². The van der Waals surface area contributed by atoms with Gasteiger partial charge < -0.3 is 14.2 Å². The lowest BCUT2D eigenvalue weighted by atomic mass is 10.3. The van der Waals surface area contributed by atoms with Gasteiger partial charge in [0.05, 0.1) is 12.5 Å². The summed E-state index contributed by atoms with van der Waals surface area (Å²) in [6.07, 6.45) is 0.200. The van der Waals surface area contributed by atoms with Crippen LogP contribution in [0.25, 0.3) is 0 Å². The number of ether oxygens (including phenoxy) is 3. The first-order chi connectivity index (χ1) is 4.72. The highest BCUT2D eigenvalue weighted by Gasteiger charge is 2.25. The van der Waals surface area contributed by atoms with E-state index in [4.69, 9.17) is 4.74 Å². The number of carbonyl (C=O) groups is 1. The number of rotatable bonds is 1. The van der Waals surface area contributed by atoms with Crippen molar-refractivity contribution in [2.24, 2.45) is 0 Å². The molecule has 1 heterocycles. The number of carbonyl (C=O) groups excluding carboxylic acids is 1. The standard InChI is InChI=1S/C6H10O4/c1-4-3-5(7)10-6(8-2)9-4/h4,6H,3H2,1-2H3. The fraction of sp³-hybridized carbons (Fsp3) is 0.833. The maximum absolute atomic E-state index is 10.7. The number of hydrogen-bond donors (Lipinski definition) is 0. The molecule has 58 valence electrons. The Kier molecular flexibility index (Phi) is 2.24. The fourth-order valence-corrected chi connectivity index (χ4v) is 0.759. The van der Waals surface area contributed by atoms with Crippen LogP contribution in [-0.2, 0) is 19.0 Å². The van der Waals surface area contributed by atoms with Crippen molar-refractivity contribution in [2.45, 2.75) is 25.9 Å². The lowest BCUT2D eigenvalue weighted by molar-refractivity contribution is -0.298. The summed E-state index contributed by atoms with van der Waals surface area (Å²) in [6, 6.07) is 0. The fourth-order valence-electron chi connectivity index (χ4n) is 0.759. The van der Waals surface area contributed by atoms with Gasteiger partial charge in [-0.15, -0.1) is 0 Å². The van der Waals surface area contributed by atoms with E-state index < -0.39 is 6.48 Å². The van der Waals surface area contributed by atoms with Crippen LogP contribution in [0.3, 0.4) is 0 Å². The molecule has 0 saturated carbocycles. The van der Waals surface area contributed by atoms with E-state index in [-0.39, 0.29) is 12.1 Å². The largest absolute Gasteiger partial charge is 0.410 e. The summed E-state index contributed by atoms with van der Waals surface area (Å²) in [5.74, 6) is -0.273. The summed E-state index contributed by atoms with van der Waals surface area (Å²) >= 11 is 0. The summed E-state index contributed by atoms with van der Waals surface area (Å²) in [5.41, 5.74) is 0. The molecule has 0 aromatic carbocycles. The van der Waals surface area contributed by atoms with Gasteiger partial charge in [0.1, 0.15) is 0 Å². The molecule has 0 radical (unpaired) electrons. The van der Waals surface area contributed by atoms with E-state index in [0.717, 1.165) is 0 Å². The zero-order valence-electron chi connectivity index (χ0n) is 5.99. The Morgan fingerprint density at radius 1 is 1.70 bits per heavy atom. The van der Waals surface area contributed by atoms with Crippen LogP contribution in [0.5, 0.6) is 0 Å². The minimum Gasteiger partial charge on any atom is -0.410 e. The summed E-state index contributed by atoms with van der Waals surface area (Å²) < 4.78 is 14.3. The zero-order chi connectivity index (χ0) is 7.56. The molecule has 0 aromatic heterocycles. The third-order valence-electron chi connectivity index (χ3n) is 1.22. The Balaban J connectivity index is 2.42. The van der Waals surface area contributed by atoms with Gasteiger partial charge in [-0.1, -0.05) is 0 Å². The highest BCUT2D eigenvalue weighted by molar-refractivity contribution is 5.70. The van der Waals surface area contributed by atoms with Crippen molar-refractivity contribution in [1.29, 1.82) is 0 Å². The lowest BCUT2D eigenvalue weighted by Gasteiger charge is -2.25. The molecule has 10 heavy (non-hydrogen) atoms. The minimum absolute atomic E-state index is 0.105. The summed E-state index contributed by atoms with van der Waals surface area (Å²) in [5, 5.41) is 0. The van der Waals surface area contributed by atoms with Crippen LogP contribution in [-0.4, -0.2) is 25.7 Å². The van der Waals surface area contributed by atoms with E-state index in [0.29, 0.717) is 6.42 Å². The Hall–Kier alpha value is -0.610. The van der Waals surface area contributed by atoms with Gasteiger partial charge in [0, 0.05) is 7.11 Å².